The maximum atomic E-state index is 11.3. The van der Waals surface area contributed by atoms with E-state index in [1.54, 1.807) is 11.3 Å². The van der Waals surface area contributed by atoms with E-state index >= 15 is 0 Å². The van der Waals surface area contributed by atoms with Gasteiger partial charge in [0.25, 0.3) is 0 Å². The number of fused-ring (bicyclic) bond motifs is 1. The van der Waals surface area contributed by atoms with Crippen LogP contribution >= 0.6 is 11.3 Å². The number of carboxylic acid groups (broad SMARTS) is 1. The molecule has 0 spiro atoms. The molecule has 5 heteroatoms. The average molecular weight is 302 g/mol. The molecule has 110 valence electrons. The Hall–Kier alpha value is -1.88. The van der Waals surface area contributed by atoms with Gasteiger partial charge in [0.2, 0.25) is 0 Å². The molecular formula is C16H18N2O2S. The van der Waals surface area contributed by atoms with E-state index in [2.05, 4.69) is 28.9 Å². The summed E-state index contributed by atoms with van der Waals surface area (Å²) in [5, 5.41) is 10.2. The maximum Gasteiger partial charge on any atom is 0.312 e. The van der Waals surface area contributed by atoms with Crippen molar-refractivity contribution in [2.45, 2.75) is 32.2 Å². The van der Waals surface area contributed by atoms with E-state index in [9.17, 15) is 9.90 Å². The lowest BCUT2D eigenvalue weighted by molar-refractivity contribution is -0.138. The highest BCUT2D eigenvalue weighted by molar-refractivity contribution is 7.15. The molecule has 1 unspecified atom stereocenters. The summed E-state index contributed by atoms with van der Waals surface area (Å²) in [5.41, 5.74) is 2.03. The fourth-order valence-electron chi connectivity index (χ4n) is 2.71. The van der Waals surface area contributed by atoms with Gasteiger partial charge in [-0.1, -0.05) is 30.3 Å². The summed E-state index contributed by atoms with van der Waals surface area (Å²) in [4.78, 5) is 19.2. The Labute approximate surface area is 128 Å². The van der Waals surface area contributed by atoms with Gasteiger partial charge in [-0.15, -0.1) is 11.3 Å². The zero-order valence-corrected chi connectivity index (χ0v) is 12.8. The number of carboxylic acids is 1. The third-order valence-electron chi connectivity index (χ3n) is 3.87. The van der Waals surface area contributed by atoms with E-state index in [-0.39, 0.29) is 0 Å². The number of aryl methyl sites for hydroxylation is 1. The van der Waals surface area contributed by atoms with Gasteiger partial charge in [0.15, 0.2) is 5.13 Å². The van der Waals surface area contributed by atoms with Crippen LogP contribution in [0.25, 0.3) is 0 Å². The van der Waals surface area contributed by atoms with Gasteiger partial charge in [0.05, 0.1) is 5.69 Å². The summed E-state index contributed by atoms with van der Waals surface area (Å²) in [6.45, 7) is 3.77. The van der Waals surface area contributed by atoms with Crippen molar-refractivity contribution in [2.24, 2.45) is 0 Å². The molecule has 4 nitrogen and oxygen atoms in total. The molecule has 2 aromatic rings. The Bertz CT molecular complexity index is 639. The molecule has 0 bridgehead atoms. The van der Waals surface area contributed by atoms with Crippen LogP contribution in [0.4, 0.5) is 5.13 Å². The molecule has 1 heterocycles. The summed E-state index contributed by atoms with van der Waals surface area (Å²) in [7, 11) is 0. The quantitative estimate of drug-likeness (QED) is 0.921. The molecule has 0 saturated carbocycles. The molecule has 1 aromatic carbocycles. The minimum atomic E-state index is -0.753. The first-order valence-corrected chi connectivity index (χ1v) is 8.02. The molecule has 3 rings (SSSR count). The molecule has 1 aliphatic rings. The van der Waals surface area contributed by atoms with Crippen molar-refractivity contribution >= 4 is 22.4 Å². The largest absolute Gasteiger partial charge is 0.481 e. The number of aliphatic carboxylic acids is 1. The summed E-state index contributed by atoms with van der Waals surface area (Å²) in [6.07, 6.45) is 1.53. The number of nitrogens with zero attached hydrogens (tertiary/aromatic N) is 2. The Morgan fingerprint density at radius 1 is 1.43 bits per heavy atom. The van der Waals surface area contributed by atoms with Crippen molar-refractivity contribution in [3.05, 3.63) is 46.5 Å². The Morgan fingerprint density at radius 3 is 2.86 bits per heavy atom. The molecule has 1 aliphatic carbocycles. The van der Waals surface area contributed by atoms with Crippen LogP contribution in [0.5, 0.6) is 0 Å². The molecule has 0 fully saturated rings. The minimum Gasteiger partial charge on any atom is -0.481 e. The highest BCUT2D eigenvalue weighted by Crippen LogP contribution is 2.39. The number of carbonyl (C=O) groups is 1. The molecule has 21 heavy (non-hydrogen) atoms. The van der Waals surface area contributed by atoms with E-state index in [1.165, 1.54) is 5.56 Å². The predicted octanol–water partition coefficient (Wildman–Crippen LogP) is 3.28. The van der Waals surface area contributed by atoms with Crippen LogP contribution in [0, 0.1) is 0 Å². The maximum absolute atomic E-state index is 11.3. The second-order valence-electron chi connectivity index (χ2n) is 5.23. The molecule has 1 N–H and O–H groups in total. The fourth-order valence-corrected chi connectivity index (χ4v) is 3.91. The molecular weight excluding hydrogens is 284 g/mol. The lowest BCUT2D eigenvalue weighted by Gasteiger charge is -2.20. The van der Waals surface area contributed by atoms with Crippen LogP contribution in [-0.2, 0) is 17.8 Å². The van der Waals surface area contributed by atoms with E-state index < -0.39 is 11.9 Å². The lowest BCUT2D eigenvalue weighted by atomic mass is 10.1. The summed E-state index contributed by atoms with van der Waals surface area (Å²) < 4.78 is 0. The molecule has 0 saturated heterocycles. The number of anilines is 1. The van der Waals surface area contributed by atoms with Crippen LogP contribution in [0.1, 0.15) is 35.4 Å². The van der Waals surface area contributed by atoms with E-state index in [4.69, 9.17) is 0 Å². The topological polar surface area (TPSA) is 53.4 Å². The number of benzene rings is 1. The zero-order valence-electron chi connectivity index (χ0n) is 12.0. The van der Waals surface area contributed by atoms with Crippen molar-refractivity contribution in [2.75, 3.05) is 11.4 Å². The Kier molecular flexibility index (Phi) is 3.92. The number of thiazole rings is 1. The van der Waals surface area contributed by atoms with Crippen LogP contribution in [0.3, 0.4) is 0 Å². The van der Waals surface area contributed by atoms with Crippen molar-refractivity contribution in [1.29, 1.82) is 0 Å². The number of aromatic nitrogens is 1. The minimum absolute atomic E-state index is 0.416. The smallest absolute Gasteiger partial charge is 0.312 e. The first kappa shape index (κ1) is 14.1. The van der Waals surface area contributed by atoms with Crippen molar-refractivity contribution in [3.63, 3.8) is 0 Å². The van der Waals surface area contributed by atoms with Crippen LogP contribution in [0.2, 0.25) is 0 Å². The molecule has 1 aromatic heterocycles. The van der Waals surface area contributed by atoms with Gasteiger partial charge in [-0.3, -0.25) is 4.79 Å². The van der Waals surface area contributed by atoms with E-state index in [1.807, 2.05) is 18.2 Å². The molecule has 0 aliphatic heterocycles. The van der Waals surface area contributed by atoms with Gasteiger partial charge >= 0.3 is 5.97 Å². The predicted molar refractivity (Wildman–Crippen MR) is 84.0 cm³/mol. The van der Waals surface area contributed by atoms with Gasteiger partial charge in [-0.05, 0) is 25.3 Å². The normalized spacial score (nSPS) is 16.7. The number of rotatable bonds is 5. The van der Waals surface area contributed by atoms with Gasteiger partial charge in [-0.25, -0.2) is 4.98 Å². The average Bonchev–Trinajstić information content (AvgIpc) is 3.05. The Morgan fingerprint density at radius 2 is 2.19 bits per heavy atom. The number of hydrogen-bond acceptors (Lipinski definition) is 4. The third-order valence-corrected chi connectivity index (χ3v) is 5.06. The van der Waals surface area contributed by atoms with Crippen molar-refractivity contribution in [3.8, 4) is 0 Å². The van der Waals surface area contributed by atoms with Gasteiger partial charge in [0.1, 0.15) is 5.92 Å². The van der Waals surface area contributed by atoms with Crippen LogP contribution in [0.15, 0.2) is 30.3 Å². The van der Waals surface area contributed by atoms with E-state index in [0.717, 1.165) is 35.2 Å². The van der Waals surface area contributed by atoms with Crippen molar-refractivity contribution < 1.29 is 9.90 Å². The second-order valence-corrected chi connectivity index (χ2v) is 6.30. The van der Waals surface area contributed by atoms with Gasteiger partial charge in [0, 0.05) is 18.0 Å². The molecule has 0 amide bonds. The molecule has 1 atom stereocenters. The summed E-state index contributed by atoms with van der Waals surface area (Å²) in [6, 6.07) is 10.3. The van der Waals surface area contributed by atoms with Crippen LogP contribution in [-0.4, -0.2) is 22.6 Å². The summed E-state index contributed by atoms with van der Waals surface area (Å²) in [5.74, 6) is -1.17. The third kappa shape index (κ3) is 2.78. The Balaban J connectivity index is 1.83. The second kappa shape index (κ2) is 5.85. The van der Waals surface area contributed by atoms with E-state index in [0.29, 0.717) is 6.42 Å². The first-order valence-electron chi connectivity index (χ1n) is 7.20. The number of hydrogen-bond donors (Lipinski definition) is 1. The lowest BCUT2D eigenvalue weighted by Crippen LogP contribution is -2.22. The highest BCUT2D eigenvalue weighted by atomic mass is 32.1. The van der Waals surface area contributed by atoms with Gasteiger partial charge in [-0.2, -0.15) is 0 Å². The highest BCUT2D eigenvalue weighted by Gasteiger charge is 2.33. The van der Waals surface area contributed by atoms with Gasteiger partial charge < -0.3 is 10.0 Å². The zero-order chi connectivity index (χ0) is 14.8. The summed E-state index contributed by atoms with van der Waals surface area (Å²) >= 11 is 1.65. The first-order chi connectivity index (χ1) is 10.2. The fraction of sp³-hybridized carbons (Fsp3) is 0.375. The monoisotopic (exact) mass is 302 g/mol. The SMILES string of the molecule is CCN(Cc1ccccc1)c1nc2c(s1)CCC2C(=O)O. The van der Waals surface area contributed by atoms with Crippen molar-refractivity contribution in [1.82, 2.24) is 4.98 Å². The molecule has 0 radical (unpaired) electrons. The van der Waals surface area contributed by atoms with Crippen LogP contribution < -0.4 is 4.90 Å². The standard InChI is InChI=1S/C16H18N2O2S/c1-2-18(10-11-6-4-3-5-7-11)16-17-14-12(15(19)20)8-9-13(14)21-16/h3-7,12H,2,8-10H2,1H3,(H,19,20).